The van der Waals surface area contributed by atoms with Crippen molar-refractivity contribution in [2.75, 3.05) is 31.3 Å². The Kier molecular flexibility index (Phi) is 7.73. The number of nitrogen functional groups attached to an aromatic ring is 2. The van der Waals surface area contributed by atoms with Crippen LogP contribution in [-0.2, 0) is 36.7 Å². The standard InChI is InChI=1S/C22H28N10O12P2/c1-8-10-3-39-46(37,38)44-15-9(2-33)20(31-6-27-12-16(23)25-5-26-17(12)31)42-11(15)4-40-45(35,36)43-14(8)21(41-10)32-7-28-13-18(32)29-22(24)30-19(13)34/h5-11,14-15,20-21,33H,2-4H2,1H3,(H,35,36)(H,37,38)(H2,23,25,26)(H3,24,29,30,34). The summed E-state index contributed by atoms with van der Waals surface area (Å²) in [5.41, 5.74) is 11.3. The molecule has 248 valence electrons. The fourth-order valence-corrected chi connectivity index (χ4v) is 7.84. The van der Waals surface area contributed by atoms with Gasteiger partial charge >= 0.3 is 15.6 Å². The van der Waals surface area contributed by atoms with E-state index in [0.29, 0.717) is 0 Å². The molecule has 24 heteroatoms. The molecular formula is C22H28N10O12P2. The van der Waals surface area contributed by atoms with Crippen LogP contribution in [-0.4, -0.2) is 98.2 Å². The molecule has 10 unspecified atom stereocenters. The molecule has 0 spiro atoms. The Morgan fingerprint density at radius 3 is 2.26 bits per heavy atom. The number of rotatable bonds is 3. The Balaban J connectivity index is 1.22. The molecule has 0 saturated carbocycles. The molecule has 46 heavy (non-hydrogen) atoms. The Morgan fingerprint density at radius 2 is 1.54 bits per heavy atom. The minimum Gasteiger partial charge on any atom is -0.396 e. The molecule has 4 aromatic rings. The van der Waals surface area contributed by atoms with Gasteiger partial charge in [0.15, 0.2) is 28.9 Å². The monoisotopic (exact) mass is 686 g/mol. The Hall–Kier alpha value is -3.40. The number of nitrogens with zero attached hydrogens (tertiary/aromatic N) is 7. The topological polar surface area (TPSA) is 309 Å². The van der Waals surface area contributed by atoms with Crippen LogP contribution < -0.4 is 17.0 Å². The first-order valence-electron chi connectivity index (χ1n) is 13.7. The van der Waals surface area contributed by atoms with Crippen LogP contribution in [0.25, 0.3) is 22.3 Å². The van der Waals surface area contributed by atoms with E-state index in [1.54, 1.807) is 6.92 Å². The number of aromatic nitrogens is 8. The van der Waals surface area contributed by atoms with Gasteiger partial charge in [-0.05, 0) is 0 Å². The molecular weight excluding hydrogens is 658 g/mol. The van der Waals surface area contributed by atoms with Crippen molar-refractivity contribution in [1.82, 2.24) is 39.0 Å². The Bertz CT molecular complexity index is 1950. The van der Waals surface area contributed by atoms with Crippen molar-refractivity contribution >= 4 is 49.7 Å². The van der Waals surface area contributed by atoms with E-state index in [0.717, 1.165) is 0 Å². The number of aliphatic hydroxyl groups is 1. The van der Waals surface area contributed by atoms with Gasteiger partial charge < -0.3 is 35.8 Å². The number of nitrogens with one attached hydrogen (secondary N) is 1. The third-order valence-corrected chi connectivity index (χ3v) is 10.0. The molecule has 3 fully saturated rings. The number of ether oxygens (including phenoxy) is 2. The Labute approximate surface area is 256 Å². The average molecular weight is 686 g/mol. The summed E-state index contributed by atoms with van der Waals surface area (Å²) in [7, 11) is -9.86. The predicted molar refractivity (Wildman–Crippen MR) is 151 cm³/mol. The minimum atomic E-state index is -4.94. The molecule has 0 aromatic carbocycles. The van der Waals surface area contributed by atoms with Crippen LogP contribution in [0.3, 0.4) is 0 Å². The predicted octanol–water partition coefficient (Wildman–Crippen LogP) is -0.819. The number of anilines is 2. The molecule has 0 amide bonds. The summed E-state index contributed by atoms with van der Waals surface area (Å²) < 4.78 is 63.3. The third-order valence-electron chi connectivity index (χ3n) is 8.08. The molecule has 10 atom stereocenters. The van der Waals surface area contributed by atoms with E-state index in [4.69, 9.17) is 39.0 Å². The van der Waals surface area contributed by atoms with Crippen LogP contribution in [0.5, 0.6) is 0 Å². The second-order valence-electron chi connectivity index (χ2n) is 10.9. The molecule has 3 saturated heterocycles. The number of phosphoric ester groups is 2. The quantitative estimate of drug-likeness (QED) is 0.143. The highest BCUT2D eigenvalue weighted by atomic mass is 31.2. The maximum Gasteiger partial charge on any atom is 0.472 e. The van der Waals surface area contributed by atoms with Gasteiger partial charge in [-0.3, -0.25) is 37.0 Å². The van der Waals surface area contributed by atoms with E-state index < -0.39 is 89.7 Å². The second-order valence-corrected chi connectivity index (χ2v) is 13.7. The number of hydrogen-bond donors (Lipinski definition) is 6. The van der Waals surface area contributed by atoms with E-state index in [9.17, 15) is 28.8 Å². The van der Waals surface area contributed by atoms with E-state index in [1.165, 1.54) is 28.1 Å². The fraction of sp³-hybridized carbons (Fsp3) is 0.545. The Morgan fingerprint density at radius 1 is 0.913 bits per heavy atom. The van der Waals surface area contributed by atoms with E-state index in [-0.39, 0.29) is 34.1 Å². The first-order chi connectivity index (χ1) is 21.9. The normalized spacial score (nSPS) is 37.1. The SMILES string of the molecule is CC1C2COP(=O)(O)OC3C(COP(=O)(O)OC1C(n1cnc4c(=O)[nH]c(N)nc41)O2)OC(n1cnc2c(N)ncnc21)C3CO. The molecule has 7 heterocycles. The van der Waals surface area contributed by atoms with Crippen LogP contribution >= 0.6 is 15.6 Å². The van der Waals surface area contributed by atoms with Crippen molar-refractivity contribution in [1.29, 1.82) is 0 Å². The molecule has 2 bridgehead atoms. The van der Waals surface area contributed by atoms with E-state index in [2.05, 4.69) is 29.9 Å². The summed E-state index contributed by atoms with van der Waals surface area (Å²) in [6.07, 6.45) is -3.62. The number of aromatic amines is 1. The lowest BCUT2D eigenvalue weighted by Gasteiger charge is -2.26. The number of nitrogens with two attached hydrogens (primary N) is 2. The highest BCUT2D eigenvalue weighted by molar-refractivity contribution is 7.47. The number of imidazole rings is 2. The number of hydrogen-bond acceptors (Lipinski definition) is 17. The number of phosphoric acid groups is 2. The first kappa shape index (κ1) is 31.2. The van der Waals surface area contributed by atoms with Crippen molar-refractivity contribution in [2.24, 2.45) is 11.8 Å². The lowest BCUT2D eigenvalue weighted by Crippen LogP contribution is -2.34. The lowest BCUT2D eigenvalue weighted by molar-refractivity contribution is -0.0669. The molecule has 8 N–H and O–H groups in total. The minimum absolute atomic E-state index is 0.0121. The summed E-state index contributed by atoms with van der Waals surface area (Å²) in [5, 5.41) is 10.4. The second kappa shape index (κ2) is 11.4. The largest absolute Gasteiger partial charge is 0.472 e. The van der Waals surface area contributed by atoms with Gasteiger partial charge in [0, 0.05) is 5.92 Å². The molecule has 3 aliphatic heterocycles. The summed E-state index contributed by atoms with van der Waals surface area (Å²) in [6.45, 7) is -0.289. The van der Waals surface area contributed by atoms with Crippen LogP contribution in [0.1, 0.15) is 19.4 Å². The third kappa shape index (κ3) is 5.40. The van der Waals surface area contributed by atoms with E-state index >= 15 is 0 Å². The van der Waals surface area contributed by atoms with Crippen LogP contribution in [0.15, 0.2) is 23.8 Å². The van der Waals surface area contributed by atoms with Gasteiger partial charge in [-0.25, -0.2) is 29.1 Å². The fourth-order valence-electron chi connectivity index (χ4n) is 5.85. The number of H-pyrrole nitrogens is 1. The molecule has 22 nitrogen and oxygen atoms in total. The molecule has 4 aromatic heterocycles. The number of fused-ring (bicyclic) bond motifs is 5. The van der Waals surface area contributed by atoms with Crippen molar-refractivity contribution in [2.45, 2.75) is 43.8 Å². The smallest absolute Gasteiger partial charge is 0.396 e. The van der Waals surface area contributed by atoms with E-state index in [1.807, 2.05) is 0 Å². The molecule has 3 aliphatic rings. The maximum atomic E-state index is 13.4. The average Bonchev–Trinajstić information content (AvgIpc) is 3.75. The van der Waals surface area contributed by atoms with Gasteiger partial charge in [0.25, 0.3) is 5.56 Å². The zero-order valence-electron chi connectivity index (χ0n) is 23.7. The van der Waals surface area contributed by atoms with Crippen molar-refractivity contribution in [3.05, 3.63) is 29.3 Å². The summed E-state index contributed by atoms with van der Waals surface area (Å²) in [4.78, 5) is 56.7. The van der Waals surface area contributed by atoms with Gasteiger partial charge in [-0.2, -0.15) is 4.98 Å². The molecule has 0 aliphatic carbocycles. The maximum absolute atomic E-state index is 13.4. The number of aliphatic hydroxyl groups excluding tert-OH is 1. The van der Waals surface area contributed by atoms with Gasteiger partial charge in [-0.15, -0.1) is 0 Å². The first-order valence-corrected chi connectivity index (χ1v) is 16.7. The summed E-state index contributed by atoms with van der Waals surface area (Å²) in [5.74, 6) is -1.95. The van der Waals surface area contributed by atoms with Gasteiger partial charge in [-0.1, -0.05) is 6.92 Å². The van der Waals surface area contributed by atoms with Gasteiger partial charge in [0.2, 0.25) is 5.95 Å². The van der Waals surface area contributed by atoms with Crippen LogP contribution in [0, 0.1) is 11.8 Å². The van der Waals surface area contributed by atoms with Crippen molar-refractivity contribution in [3.63, 3.8) is 0 Å². The summed E-state index contributed by atoms with van der Waals surface area (Å²) in [6, 6.07) is 0. The molecule has 7 rings (SSSR count). The highest BCUT2D eigenvalue weighted by Crippen LogP contribution is 2.55. The van der Waals surface area contributed by atoms with Crippen molar-refractivity contribution < 1.29 is 51.6 Å². The van der Waals surface area contributed by atoms with Gasteiger partial charge in [0.05, 0.1) is 44.5 Å². The van der Waals surface area contributed by atoms with Crippen molar-refractivity contribution in [3.8, 4) is 0 Å². The van der Waals surface area contributed by atoms with Crippen LogP contribution in [0.2, 0.25) is 0 Å². The molecule has 0 radical (unpaired) electrons. The highest BCUT2D eigenvalue weighted by Gasteiger charge is 2.53. The van der Waals surface area contributed by atoms with Gasteiger partial charge in [0.1, 0.15) is 36.4 Å². The lowest BCUT2D eigenvalue weighted by atomic mass is 10.0. The zero-order chi connectivity index (χ0) is 32.5. The van der Waals surface area contributed by atoms with Crippen LogP contribution in [0.4, 0.5) is 11.8 Å². The summed E-state index contributed by atoms with van der Waals surface area (Å²) >= 11 is 0. The zero-order valence-corrected chi connectivity index (χ0v) is 25.5.